The van der Waals surface area contributed by atoms with Crippen LogP contribution < -0.4 is 5.32 Å². The van der Waals surface area contributed by atoms with Gasteiger partial charge in [0.25, 0.3) is 0 Å². The number of hydrogen-bond acceptors (Lipinski definition) is 5. The van der Waals surface area contributed by atoms with Gasteiger partial charge >= 0.3 is 0 Å². The molecule has 0 atom stereocenters. The lowest BCUT2D eigenvalue weighted by Crippen LogP contribution is -2.00. The maximum absolute atomic E-state index is 5.93. The van der Waals surface area contributed by atoms with E-state index in [2.05, 4.69) is 38.9 Å². The van der Waals surface area contributed by atoms with Crippen LogP contribution in [0.5, 0.6) is 0 Å². The van der Waals surface area contributed by atoms with Gasteiger partial charge in [-0.05, 0) is 28.8 Å². The van der Waals surface area contributed by atoms with Crippen LogP contribution in [0.25, 0.3) is 11.1 Å². The molecule has 0 radical (unpaired) electrons. The summed E-state index contributed by atoms with van der Waals surface area (Å²) >= 11 is 7.31. The second-order valence-electron chi connectivity index (χ2n) is 5.32. The molecule has 6 heteroatoms. The molecule has 4 nitrogen and oxygen atoms in total. The number of rotatable bonds is 7. The number of benzene rings is 2. The van der Waals surface area contributed by atoms with E-state index < -0.39 is 0 Å². The maximum Gasteiger partial charge on any atom is 0.202 e. The highest BCUT2D eigenvalue weighted by Crippen LogP contribution is 2.22. The Morgan fingerprint density at radius 2 is 1.71 bits per heavy atom. The van der Waals surface area contributed by atoms with Gasteiger partial charge < -0.3 is 10.1 Å². The molecule has 0 unspecified atom stereocenters. The molecule has 24 heavy (non-hydrogen) atoms. The quantitative estimate of drug-likeness (QED) is 0.666. The smallest absolute Gasteiger partial charge is 0.202 e. The molecule has 0 saturated carbocycles. The van der Waals surface area contributed by atoms with Crippen LogP contribution >= 0.6 is 23.1 Å². The molecule has 1 heterocycles. The molecule has 0 amide bonds. The molecule has 0 aliphatic heterocycles. The summed E-state index contributed by atoms with van der Waals surface area (Å²) in [6.07, 6.45) is 0.741. The number of nitrogens with one attached hydrogen (secondary N) is 1. The fourth-order valence-electron chi connectivity index (χ4n) is 2.26. The summed E-state index contributed by atoms with van der Waals surface area (Å²) in [6.45, 7) is 1.36. The summed E-state index contributed by atoms with van der Waals surface area (Å²) in [6, 6.07) is 16.3. The average Bonchev–Trinajstić information content (AvgIpc) is 3.07. The molecule has 3 rings (SSSR count). The van der Waals surface area contributed by atoms with E-state index in [0.717, 1.165) is 34.5 Å². The zero-order chi connectivity index (χ0) is 16.8. The van der Waals surface area contributed by atoms with Crippen molar-refractivity contribution < 1.29 is 4.74 Å². The minimum atomic E-state index is 0.641. The summed E-state index contributed by atoms with van der Waals surface area (Å²) in [5.41, 5.74) is 3.53. The minimum absolute atomic E-state index is 0.641. The molecule has 0 bridgehead atoms. The second kappa shape index (κ2) is 8.24. The van der Waals surface area contributed by atoms with E-state index >= 15 is 0 Å². The Balaban J connectivity index is 1.58. The molecule has 0 aliphatic rings. The first-order valence-electron chi connectivity index (χ1n) is 7.65. The highest BCUT2D eigenvalue weighted by atomic mass is 35.5. The molecule has 3 aromatic rings. The van der Waals surface area contributed by atoms with Crippen LogP contribution in [0, 0.1) is 0 Å². The Morgan fingerprint density at radius 3 is 2.38 bits per heavy atom. The van der Waals surface area contributed by atoms with Gasteiger partial charge in [0.2, 0.25) is 5.13 Å². The van der Waals surface area contributed by atoms with E-state index in [9.17, 15) is 0 Å². The molecule has 124 valence electrons. The average molecular weight is 360 g/mol. The Labute approximate surface area is 150 Å². The molecular formula is C18H18ClN3OS. The van der Waals surface area contributed by atoms with Crippen molar-refractivity contribution in [2.24, 2.45) is 0 Å². The first kappa shape index (κ1) is 16.9. The van der Waals surface area contributed by atoms with Gasteiger partial charge in [-0.15, -0.1) is 0 Å². The van der Waals surface area contributed by atoms with Gasteiger partial charge in [-0.3, -0.25) is 0 Å². The Hall–Kier alpha value is -1.95. The van der Waals surface area contributed by atoms with E-state index in [1.807, 2.05) is 24.3 Å². The second-order valence-corrected chi connectivity index (χ2v) is 6.50. The van der Waals surface area contributed by atoms with Crippen molar-refractivity contribution in [1.82, 2.24) is 9.36 Å². The minimum Gasteiger partial charge on any atom is -0.384 e. The standard InChI is InChI=1S/C18H18ClN3OS/c1-23-11-10-17-21-18(24-22-17)20-12-13-2-4-14(5-3-13)15-6-8-16(19)9-7-15/h2-9H,10-12H2,1H3,(H,20,21,22). The number of methoxy groups -OCH3 is 1. The zero-order valence-electron chi connectivity index (χ0n) is 13.3. The molecular weight excluding hydrogens is 342 g/mol. The number of anilines is 1. The Kier molecular flexibility index (Phi) is 5.80. The van der Waals surface area contributed by atoms with Crippen molar-refractivity contribution in [1.29, 1.82) is 0 Å². The number of ether oxygens (including phenoxy) is 1. The fourth-order valence-corrected chi connectivity index (χ4v) is 2.99. The van der Waals surface area contributed by atoms with Crippen molar-refractivity contribution in [2.75, 3.05) is 19.0 Å². The van der Waals surface area contributed by atoms with Crippen LogP contribution in [0.1, 0.15) is 11.4 Å². The lowest BCUT2D eigenvalue weighted by molar-refractivity contribution is 0.201. The number of halogens is 1. The van der Waals surface area contributed by atoms with Crippen molar-refractivity contribution in [3.05, 3.63) is 64.9 Å². The maximum atomic E-state index is 5.93. The lowest BCUT2D eigenvalue weighted by Gasteiger charge is -2.05. The summed E-state index contributed by atoms with van der Waals surface area (Å²) in [4.78, 5) is 4.44. The van der Waals surface area contributed by atoms with E-state index in [1.165, 1.54) is 22.7 Å². The lowest BCUT2D eigenvalue weighted by atomic mass is 10.0. The Morgan fingerprint density at radius 1 is 1.04 bits per heavy atom. The summed E-state index contributed by atoms with van der Waals surface area (Å²) < 4.78 is 9.34. The van der Waals surface area contributed by atoms with Gasteiger partial charge in [-0.1, -0.05) is 48.0 Å². The van der Waals surface area contributed by atoms with Crippen LogP contribution in [-0.4, -0.2) is 23.1 Å². The van der Waals surface area contributed by atoms with Crippen LogP contribution in [-0.2, 0) is 17.7 Å². The van der Waals surface area contributed by atoms with Gasteiger partial charge in [-0.25, -0.2) is 4.98 Å². The third-order valence-corrected chi connectivity index (χ3v) is 4.54. The zero-order valence-corrected chi connectivity index (χ0v) is 14.9. The van der Waals surface area contributed by atoms with Crippen LogP contribution in [0.2, 0.25) is 5.02 Å². The van der Waals surface area contributed by atoms with Gasteiger partial charge in [0, 0.05) is 36.6 Å². The van der Waals surface area contributed by atoms with Crippen molar-refractivity contribution in [3.8, 4) is 11.1 Å². The fraction of sp³-hybridized carbons (Fsp3) is 0.222. The molecule has 2 aromatic carbocycles. The first-order valence-corrected chi connectivity index (χ1v) is 8.80. The van der Waals surface area contributed by atoms with E-state index in [4.69, 9.17) is 16.3 Å². The van der Waals surface area contributed by atoms with Gasteiger partial charge in [0.1, 0.15) is 5.82 Å². The molecule has 0 saturated heterocycles. The van der Waals surface area contributed by atoms with E-state index in [0.29, 0.717) is 6.61 Å². The SMILES string of the molecule is COCCc1nsc(NCc2ccc(-c3ccc(Cl)cc3)cc2)n1. The van der Waals surface area contributed by atoms with Crippen LogP contribution in [0.15, 0.2) is 48.5 Å². The summed E-state index contributed by atoms with van der Waals surface area (Å²) in [7, 11) is 1.68. The molecule has 0 aliphatic carbocycles. The first-order chi connectivity index (χ1) is 11.7. The summed E-state index contributed by atoms with van der Waals surface area (Å²) in [5, 5.41) is 4.90. The third-order valence-electron chi connectivity index (χ3n) is 3.57. The normalized spacial score (nSPS) is 10.8. The predicted molar refractivity (Wildman–Crippen MR) is 99.7 cm³/mol. The number of nitrogens with zero attached hydrogens (tertiary/aromatic N) is 2. The van der Waals surface area contributed by atoms with Crippen LogP contribution in [0.4, 0.5) is 5.13 Å². The van der Waals surface area contributed by atoms with Crippen molar-refractivity contribution in [3.63, 3.8) is 0 Å². The van der Waals surface area contributed by atoms with Crippen molar-refractivity contribution >= 4 is 28.3 Å². The van der Waals surface area contributed by atoms with Gasteiger partial charge in [0.15, 0.2) is 0 Å². The van der Waals surface area contributed by atoms with Gasteiger partial charge in [-0.2, -0.15) is 4.37 Å². The largest absolute Gasteiger partial charge is 0.384 e. The van der Waals surface area contributed by atoms with Gasteiger partial charge in [0.05, 0.1) is 6.61 Å². The monoisotopic (exact) mass is 359 g/mol. The molecule has 0 spiro atoms. The highest BCUT2D eigenvalue weighted by molar-refractivity contribution is 7.09. The predicted octanol–water partition coefficient (Wildman–Crippen LogP) is 4.66. The summed E-state index contributed by atoms with van der Waals surface area (Å²) in [5.74, 6) is 0.822. The molecule has 1 N–H and O–H groups in total. The van der Waals surface area contributed by atoms with Crippen molar-refractivity contribution in [2.45, 2.75) is 13.0 Å². The van der Waals surface area contributed by atoms with Crippen LogP contribution in [0.3, 0.4) is 0 Å². The number of hydrogen-bond donors (Lipinski definition) is 1. The molecule has 0 fully saturated rings. The third kappa shape index (κ3) is 4.54. The highest BCUT2D eigenvalue weighted by Gasteiger charge is 2.04. The number of aromatic nitrogens is 2. The molecule has 1 aromatic heterocycles. The Bertz CT molecular complexity index is 772. The topological polar surface area (TPSA) is 47.0 Å². The van der Waals surface area contributed by atoms with E-state index in [1.54, 1.807) is 7.11 Å². The van der Waals surface area contributed by atoms with E-state index in [-0.39, 0.29) is 0 Å².